The van der Waals surface area contributed by atoms with E-state index in [4.69, 9.17) is 4.74 Å². The molecule has 0 saturated carbocycles. The van der Waals surface area contributed by atoms with Gasteiger partial charge in [0.05, 0.1) is 12.7 Å². The summed E-state index contributed by atoms with van der Waals surface area (Å²) in [6.45, 7) is 0. The van der Waals surface area contributed by atoms with Crippen molar-refractivity contribution in [1.29, 1.82) is 0 Å². The Hall–Kier alpha value is -2.09. The minimum atomic E-state index is -0.318. The molecular weight excluding hydrogens is 200 g/mol. The summed E-state index contributed by atoms with van der Waals surface area (Å²) in [5.74, 6) is -0.318. The Bertz CT molecular complexity index is 493. The van der Waals surface area contributed by atoms with Crippen LogP contribution in [0.25, 0.3) is 12.2 Å². The van der Waals surface area contributed by atoms with Crippen LogP contribution in [0.1, 0.15) is 11.1 Å². The zero-order chi connectivity index (χ0) is 11.4. The summed E-state index contributed by atoms with van der Waals surface area (Å²) in [6, 6.07) is 7.90. The molecule has 1 aliphatic rings. The molecule has 1 aromatic rings. The molecule has 0 heterocycles. The topological polar surface area (TPSA) is 26.3 Å². The first-order valence-electron chi connectivity index (χ1n) is 5.05. The van der Waals surface area contributed by atoms with Gasteiger partial charge in [0.1, 0.15) is 0 Å². The Balaban J connectivity index is 2.50. The van der Waals surface area contributed by atoms with E-state index in [0.29, 0.717) is 5.57 Å². The van der Waals surface area contributed by atoms with Gasteiger partial charge >= 0.3 is 5.97 Å². The molecule has 0 radical (unpaired) electrons. The Labute approximate surface area is 94.6 Å². The van der Waals surface area contributed by atoms with Crippen LogP contribution >= 0.6 is 0 Å². The summed E-state index contributed by atoms with van der Waals surface area (Å²) in [5, 5.41) is 0. The van der Waals surface area contributed by atoms with Crippen molar-refractivity contribution in [3.05, 3.63) is 59.2 Å². The molecule has 0 saturated heterocycles. The lowest BCUT2D eigenvalue weighted by molar-refractivity contribution is -0.135. The number of fused-ring (bicyclic) bond motifs is 1. The largest absolute Gasteiger partial charge is 0.465 e. The van der Waals surface area contributed by atoms with Crippen LogP contribution < -0.4 is 0 Å². The molecule has 0 fully saturated rings. The molecule has 2 rings (SSSR count). The second kappa shape index (κ2) is 4.62. The third-order valence-electron chi connectivity index (χ3n) is 2.39. The van der Waals surface area contributed by atoms with Crippen molar-refractivity contribution < 1.29 is 9.53 Å². The lowest BCUT2D eigenvalue weighted by Gasteiger charge is -2.05. The summed E-state index contributed by atoms with van der Waals surface area (Å²) >= 11 is 0. The van der Waals surface area contributed by atoms with Gasteiger partial charge in [-0.3, -0.25) is 0 Å². The molecule has 16 heavy (non-hydrogen) atoms. The predicted molar refractivity (Wildman–Crippen MR) is 64.6 cm³/mol. The molecule has 0 aliphatic heterocycles. The van der Waals surface area contributed by atoms with E-state index >= 15 is 0 Å². The van der Waals surface area contributed by atoms with Crippen LogP contribution in [-0.2, 0) is 9.53 Å². The van der Waals surface area contributed by atoms with Crippen molar-refractivity contribution >= 4 is 18.1 Å². The number of esters is 1. The maximum absolute atomic E-state index is 11.5. The molecule has 0 unspecified atom stereocenters. The average Bonchev–Trinajstić information content (AvgIpc) is 2.29. The van der Waals surface area contributed by atoms with Crippen LogP contribution in [0.5, 0.6) is 0 Å². The van der Waals surface area contributed by atoms with Gasteiger partial charge in [-0.15, -0.1) is 0 Å². The van der Waals surface area contributed by atoms with E-state index in [1.165, 1.54) is 7.11 Å². The molecule has 0 aromatic heterocycles. The van der Waals surface area contributed by atoms with E-state index < -0.39 is 0 Å². The van der Waals surface area contributed by atoms with Gasteiger partial charge in [-0.25, -0.2) is 4.79 Å². The Kier molecular flexibility index (Phi) is 3.01. The molecule has 2 heteroatoms. The van der Waals surface area contributed by atoms with Crippen molar-refractivity contribution in [2.24, 2.45) is 0 Å². The number of carbonyl (C=O) groups excluding carboxylic acids is 1. The highest BCUT2D eigenvalue weighted by molar-refractivity contribution is 5.97. The van der Waals surface area contributed by atoms with E-state index in [9.17, 15) is 4.79 Å². The number of allylic oxidation sites excluding steroid dienone is 2. The highest BCUT2D eigenvalue weighted by Crippen LogP contribution is 2.18. The van der Waals surface area contributed by atoms with E-state index in [-0.39, 0.29) is 5.97 Å². The molecule has 0 atom stereocenters. The second-order valence-corrected chi connectivity index (χ2v) is 3.44. The molecular formula is C14H12O2. The number of benzene rings is 1. The second-order valence-electron chi connectivity index (χ2n) is 3.44. The van der Waals surface area contributed by atoms with E-state index in [1.807, 2.05) is 48.6 Å². The maximum atomic E-state index is 11.5. The molecule has 2 nitrogen and oxygen atoms in total. The molecule has 80 valence electrons. The van der Waals surface area contributed by atoms with Gasteiger partial charge in [-0.1, -0.05) is 42.5 Å². The molecule has 0 N–H and O–H groups in total. The predicted octanol–water partition coefficient (Wildman–Crippen LogP) is 2.83. The van der Waals surface area contributed by atoms with Crippen LogP contribution in [0, 0.1) is 0 Å². The SMILES string of the molecule is COC(=O)C1=C/c2ccccc2/C=C/C=C\1. The number of carbonyl (C=O) groups is 1. The van der Waals surface area contributed by atoms with Crippen LogP contribution in [0.15, 0.2) is 48.1 Å². The fourth-order valence-corrected chi connectivity index (χ4v) is 1.57. The van der Waals surface area contributed by atoms with Crippen LogP contribution in [0.4, 0.5) is 0 Å². The van der Waals surface area contributed by atoms with Gasteiger partial charge in [-0.2, -0.15) is 0 Å². The summed E-state index contributed by atoms with van der Waals surface area (Å²) < 4.78 is 4.72. The van der Waals surface area contributed by atoms with Gasteiger partial charge in [0.2, 0.25) is 0 Å². The van der Waals surface area contributed by atoms with Crippen LogP contribution in [0.3, 0.4) is 0 Å². The maximum Gasteiger partial charge on any atom is 0.337 e. The van der Waals surface area contributed by atoms with Gasteiger partial charge < -0.3 is 4.74 Å². The van der Waals surface area contributed by atoms with E-state index in [0.717, 1.165) is 11.1 Å². The summed E-state index contributed by atoms with van der Waals surface area (Å²) in [6.07, 6.45) is 9.34. The lowest BCUT2D eigenvalue weighted by atomic mass is 10.0. The monoisotopic (exact) mass is 212 g/mol. The smallest absolute Gasteiger partial charge is 0.337 e. The summed E-state index contributed by atoms with van der Waals surface area (Å²) in [5.41, 5.74) is 2.66. The zero-order valence-electron chi connectivity index (χ0n) is 9.01. The standard InChI is InChI=1S/C14H12O2/c1-16-14(15)13-9-5-3-7-11-6-2-4-8-12(11)10-13/h2-10H,1H3/b5-3?,7-3+,9-5-,11-7?,12-10?,13-9?,13-10+. The first-order valence-corrected chi connectivity index (χ1v) is 5.05. The van der Waals surface area contributed by atoms with Gasteiger partial charge in [0.15, 0.2) is 0 Å². The van der Waals surface area contributed by atoms with Gasteiger partial charge in [-0.05, 0) is 23.3 Å². The van der Waals surface area contributed by atoms with E-state index in [1.54, 1.807) is 6.08 Å². The molecule has 1 aliphatic carbocycles. The first kappa shape index (κ1) is 10.4. The number of hydrogen-bond acceptors (Lipinski definition) is 2. The third-order valence-corrected chi connectivity index (χ3v) is 2.39. The third kappa shape index (κ3) is 2.11. The normalized spacial score (nSPS) is 20.7. The van der Waals surface area contributed by atoms with Crippen LogP contribution in [-0.4, -0.2) is 13.1 Å². The molecule has 0 bridgehead atoms. The number of rotatable bonds is 1. The molecule has 0 amide bonds. The quantitative estimate of drug-likeness (QED) is 0.669. The summed E-state index contributed by atoms with van der Waals surface area (Å²) in [4.78, 5) is 11.5. The fraction of sp³-hybridized carbons (Fsp3) is 0.0714. The van der Waals surface area contributed by atoms with Crippen molar-refractivity contribution in [3.63, 3.8) is 0 Å². The Morgan fingerprint density at radius 3 is 2.50 bits per heavy atom. The number of ether oxygens (including phenoxy) is 1. The number of methoxy groups -OCH3 is 1. The fourth-order valence-electron chi connectivity index (χ4n) is 1.57. The Morgan fingerprint density at radius 1 is 1.06 bits per heavy atom. The van der Waals surface area contributed by atoms with Crippen LogP contribution in [0.2, 0.25) is 0 Å². The first-order chi connectivity index (χ1) is 7.81. The van der Waals surface area contributed by atoms with Gasteiger partial charge in [0, 0.05) is 0 Å². The molecule has 1 aromatic carbocycles. The highest BCUT2D eigenvalue weighted by Gasteiger charge is 2.07. The van der Waals surface area contributed by atoms with E-state index in [2.05, 4.69) is 0 Å². The van der Waals surface area contributed by atoms with Gasteiger partial charge in [0.25, 0.3) is 0 Å². The zero-order valence-corrected chi connectivity index (χ0v) is 9.01. The van der Waals surface area contributed by atoms with Crippen molar-refractivity contribution in [1.82, 2.24) is 0 Å². The molecule has 0 spiro atoms. The highest BCUT2D eigenvalue weighted by atomic mass is 16.5. The summed E-state index contributed by atoms with van der Waals surface area (Å²) in [7, 11) is 1.39. The lowest BCUT2D eigenvalue weighted by Crippen LogP contribution is -2.03. The minimum absolute atomic E-state index is 0.318. The average molecular weight is 212 g/mol. The van der Waals surface area contributed by atoms with Crippen molar-refractivity contribution in [3.8, 4) is 0 Å². The van der Waals surface area contributed by atoms with Crippen molar-refractivity contribution in [2.75, 3.05) is 7.11 Å². The number of hydrogen-bond donors (Lipinski definition) is 0. The Morgan fingerprint density at radius 2 is 1.75 bits per heavy atom. The van der Waals surface area contributed by atoms with Crippen molar-refractivity contribution in [2.45, 2.75) is 0 Å². The minimum Gasteiger partial charge on any atom is -0.465 e.